The van der Waals surface area contributed by atoms with E-state index in [0.717, 1.165) is 22.3 Å². The van der Waals surface area contributed by atoms with Gasteiger partial charge in [-0.05, 0) is 58.7 Å². The lowest BCUT2D eigenvalue weighted by molar-refractivity contribution is 0.0883. The molecule has 5 nitrogen and oxygen atoms in total. The van der Waals surface area contributed by atoms with Crippen LogP contribution in [0.4, 0.5) is 4.39 Å². The zero-order valence-electron chi connectivity index (χ0n) is 18.4. The fourth-order valence-corrected chi connectivity index (χ4v) is 4.48. The Morgan fingerprint density at radius 2 is 1.76 bits per heavy atom. The van der Waals surface area contributed by atoms with Gasteiger partial charge in [-0.15, -0.1) is 0 Å². The van der Waals surface area contributed by atoms with Gasteiger partial charge in [0, 0.05) is 18.2 Å². The highest BCUT2D eigenvalue weighted by Gasteiger charge is 2.42. The fourth-order valence-electron chi connectivity index (χ4n) is 4.48. The number of aliphatic hydroxyl groups excluding tert-OH is 1. The van der Waals surface area contributed by atoms with Gasteiger partial charge < -0.3 is 15.2 Å². The molecule has 0 fully saturated rings. The molecule has 0 saturated heterocycles. The van der Waals surface area contributed by atoms with Gasteiger partial charge in [0.25, 0.3) is 5.91 Å². The molecule has 1 aliphatic heterocycles. The molecule has 3 aromatic carbocycles. The summed E-state index contributed by atoms with van der Waals surface area (Å²) >= 11 is 0. The van der Waals surface area contributed by atoms with Crippen molar-refractivity contribution < 1.29 is 19.0 Å². The Morgan fingerprint density at radius 3 is 2.53 bits per heavy atom. The second kappa shape index (κ2) is 9.08. The number of pyridine rings is 1. The van der Waals surface area contributed by atoms with E-state index in [4.69, 9.17) is 4.74 Å². The van der Waals surface area contributed by atoms with Crippen LogP contribution in [-0.4, -0.2) is 22.6 Å². The van der Waals surface area contributed by atoms with Crippen molar-refractivity contribution in [2.45, 2.75) is 18.6 Å². The van der Waals surface area contributed by atoms with Crippen LogP contribution in [0.2, 0.25) is 0 Å². The number of halogens is 1. The number of amides is 1. The largest absolute Gasteiger partial charge is 0.491 e. The lowest BCUT2D eigenvalue weighted by Gasteiger charge is -2.39. The van der Waals surface area contributed by atoms with E-state index >= 15 is 0 Å². The van der Waals surface area contributed by atoms with E-state index in [0.29, 0.717) is 30.0 Å². The van der Waals surface area contributed by atoms with Crippen LogP contribution < -0.4 is 10.1 Å². The third-order valence-corrected chi connectivity index (χ3v) is 6.22. The van der Waals surface area contributed by atoms with Crippen LogP contribution in [0, 0.1) is 5.82 Å². The highest BCUT2D eigenvalue weighted by molar-refractivity contribution is 5.95. The van der Waals surface area contributed by atoms with E-state index in [2.05, 4.69) is 10.3 Å². The minimum absolute atomic E-state index is 0.0514. The first-order valence-corrected chi connectivity index (χ1v) is 11.1. The van der Waals surface area contributed by atoms with Crippen molar-refractivity contribution in [3.63, 3.8) is 0 Å². The zero-order valence-corrected chi connectivity index (χ0v) is 18.4. The van der Waals surface area contributed by atoms with Gasteiger partial charge in [-0.3, -0.25) is 9.78 Å². The molecule has 0 bridgehead atoms. The van der Waals surface area contributed by atoms with Gasteiger partial charge in [-0.2, -0.15) is 0 Å². The van der Waals surface area contributed by atoms with Crippen LogP contribution in [0.1, 0.15) is 33.6 Å². The molecule has 0 unspecified atom stereocenters. The second-order valence-electron chi connectivity index (χ2n) is 8.21. The number of aliphatic hydroxyl groups is 1. The Kier molecular flexibility index (Phi) is 5.82. The first-order valence-electron chi connectivity index (χ1n) is 11.1. The molecule has 4 aromatic rings. The lowest BCUT2D eigenvalue weighted by atomic mass is 9.80. The Hall–Kier alpha value is -4.03. The summed E-state index contributed by atoms with van der Waals surface area (Å²) in [5.74, 6) is -0.112. The summed E-state index contributed by atoms with van der Waals surface area (Å²) in [5, 5.41) is 12.9. The average Bonchev–Trinajstić information content (AvgIpc) is 2.89. The van der Waals surface area contributed by atoms with Crippen molar-refractivity contribution in [1.82, 2.24) is 10.3 Å². The quantitative estimate of drug-likeness (QED) is 0.453. The van der Waals surface area contributed by atoms with E-state index in [9.17, 15) is 14.3 Å². The van der Waals surface area contributed by atoms with E-state index in [1.807, 2.05) is 54.6 Å². The Labute approximate surface area is 196 Å². The van der Waals surface area contributed by atoms with Crippen LogP contribution in [-0.2, 0) is 12.1 Å². The molecule has 6 heteroatoms. The highest BCUT2D eigenvalue weighted by Crippen LogP contribution is 2.41. The molecule has 1 amide bonds. The SMILES string of the molecule is O=C(N[C@]1(c2ccc(-c3ccccc3CO)cc2)CCOc2cccnc21)c1ccc(F)cc1. The van der Waals surface area contributed by atoms with Crippen molar-refractivity contribution in [2.75, 3.05) is 6.61 Å². The predicted molar refractivity (Wildman–Crippen MR) is 127 cm³/mol. The van der Waals surface area contributed by atoms with Gasteiger partial charge in [0.05, 0.1) is 13.2 Å². The van der Waals surface area contributed by atoms with Gasteiger partial charge in [0.15, 0.2) is 0 Å². The number of aromatic nitrogens is 1. The number of carbonyl (C=O) groups excluding carboxylic acids is 1. The minimum atomic E-state index is -0.921. The predicted octanol–water partition coefficient (Wildman–Crippen LogP) is 4.84. The van der Waals surface area contributed by atoms with Crippen molar-refractivity contribution in [1.29, 1.82) is 0 Å². The van der Waals surface area contributed by atoms with Crippen molar-refractivity contribution >= 4 is 5.91 Å². The second-order valence-corrected chi connectivity index (χ2v) is 8.21. The molecule has 5 rings (SSSR count). The van der Waals surface area contributed by atoms with Gasteiger partial charge >= 0.3 is 0 Å². The van der Waals surface area contributed by atoms with Gasteiger partial charge in [-0.1, -0.05) is 48.5 Å². The Bertz CT molecular complexity index is 1320. The maximum Gasteiger partial charge on any atom is 0.252 e. The van der Waals surface area contributed by atoms with E-state index in [1.165, 1.54) is 24.3 Å². The number of nitrogens with zero attached hydrogens (tertiary/aromatic N) is 1. The lowest BCUT2D eigenvalue weighted by Crippen LogP contribution is -2.50. The van der Waals surface area contributed by atoms with Crippen molar-refractivity contribution in [3.05, 3.63) is 119 Å². The molecule has 1 atom stereocenters. The number of rotatable bonds is 5. The van der Waals surface area contributed by atoms with E-state index < -0.39 is 11.4 Å². The smallest absolute Gasteiger partial charge is 0.252 e. The summed E-state index contributed by atoms with van der Waals surface area (Å²) < 4.78 is 19.2. The summed E-state index contributed by atoms with van der Waals surface area (Å²) in [7, 11) is 0. The number of fused-ring (bicyclic) bond motifs is 1. The molecule has 0 saturated carbocycles. The van der Waals surface area contributed by atoms with Gasteiger partial charge in [-0.25, -0.2) is 4.39 Å². The van der Waals surface area contributed by atoms with Gasteiger partial charge in [0.1, 0.15) is 22.8 Å². The number of hydrogen-bond acceptors (Lipinski definition) is 4. The zero-order chi connectivity index (χ0) is 23.5. The van der Waals surface area contributed by atoms with E-state index in [-0.39, 0.29) is 12.5 Å². The highest BCUT2D eigenvalue weighted by atomic mass is 19.1. The molecule has 2 N–H and O–H groups in total. The summed E-state index contributed by atoms with van der Waals surface area (Å²) in [5.41, 5.74) is 3.67. The molecule has 2 heterocycles. The number of nitrogens with one attached hydrogen (secondary N) is 1. The van der Waals surface area contributed by atoms with Crippen molar-refractivity contribution in [3.8, 4) is 16.9 Å². The molecule has 0 spiro atoms. The maximum atomic E-state index is 13.4. The standard InChI is InChI=1S/C28H23FN2O3/c29-23-13-9-20(10-14-23)27(33)31-28(15-17-34-25-6-3-16-30-26(25)28)22-11-7-19(8-12-22)24-5-2-1-4-21(24)18-32/h1-14,16,32H,15,17-18H2,(H,31,33)/t28-/m0/s1. The molecule has 34 heavy (non-hydrogen) atoms. The molecule has 1 aromatic heterocycles. The number of ether oxygens (including phenoxy) is 1. The van der Waals surface area contributed by atoms with Crippen LogP contribution in [0.25, 0.3) is 11.1 Å². The third-order valence-electron chi connectivity index (χ3n) is 6.22. The van der Waals surface area contributed by atoms with Gasteiger partial charge in [0.2, 0.25) is 0 Å². The molecular formula is C28H23FN2O3. The minimum Gasteiger partial charge on any atom is -0.491 e. The molecular weight excluding hydrogens is 431 g/mol. The molecule has 1 aliphatic rings. The maximum absolute atomic E-state index is 13.4. The van der Waals surface area contributed by atoms with Crippen LogP contribution in [0.3, 0.4) is 0 Å². The fraction of sp³-hybridized carbons (Fsp3) is 0.143. The third kappa shape index (κ3) is 3.93. The van der Waals surface area contributed by atoms with Crippen molar-refractivity contribution in [2.24, 2.45) is 0 Å². The number of hydrogen-bond donors (Lipinski definition) is 2. The Morgan fingerprint density at radius 1 is 1.00 bits per heavy atom. The van der Waals surface area contributed by atoms with Crippen LogP contribution in [0.15, 0.2) is 91.1 Å². The molecule has 0 aliphatic carbocycles. The number of benzene rings is 3. The average molecular weight is 455 g/mol. The van der Waals surface area contributed by atoms with Crippen LogP contribution in [0.5, 0.6) is 5.75 Å². The normalized spacial score (nSPS) is 16.9. The molecule has 170 valence electrons. The van der Waals surface area contributed by atoms with E-state index in [1.54, 1.807) is 12.3 Å². The number of carbonyl (C=O) groups is 1. The van der Waals surface area contributed by atoms with Crippen LogP contribution >= 0.6 is 0 Å². The summed E-state index contributed by atoms with van der Waals surface area (Å²) in [4.78, 5) is 17.8. The summed E-state index contributed by atoms with van der Waals surface area (Å²) in [6.07, 6.45) is 2.16. The Balaban J connectivity index is 1.58. The monoisotopic (exact) mass is 454 g/mol. The topological polar surface area (TPSA) is 71.5 Å². The summed E-state index contributed by atoms with van der Waals surface area (Å²) in [6.45, 7) is 0.349. The summed E-state index contributed by atoms with van der Waals surface area (Å²) in [6, 6.07) is 24.7. The first kappa shape index (κ1) is 21.8. The molecule has 0 radical (unpaired) electrons. The first-order chi connectivity index (χ1) is 16.6.